The van der Waals surface area contributed by atoms with Crippen LogP contribution in [-0.4, -0.2) is 52.2 Å². The average Bonchev–Trinajstić information content (AvgIpc) is 2.89. The highest BCUT2D eigenvalue weighted by Crippen LogP contribution is 2.10. The molecular weight excluding hydrogens is 264 g/mol. The maximum atomic E-state index is 11.8. The molecule has 1 N–H and O–H groups in total. The molecule has 0 unspecified atom stereocenters. The van der Waals surface area contributed by atoms with Crippen LogP contribution in [0.2, 0.25) is 0 Å². The second-order valence-corrected chi connectivity index (χ2v) is 6.01. The Balaban J connectivity index is 1.71. The summed E-state index contributed by atoms with van der Waals surface area (Å²) in [6, 6.07) is 0.00361. The third-order valence-electron chi connectivity index (χ3n) is 2.91. The maximum absolute atomic E-state index is 11.8. The molecular formula is C12H20N4O2S. The van der Waals surface area contributed by atoms with E-state index in [1.165, 1.54) is 0 Å². The number of urea groups is 1. The van der Waals surface area contributed by atoms with E-state index in [-0.39, 0.29) is 11.9 Å². The third kappa shape index (κ3) is 4.12. The van der Waals surface area contributed by atoms with Crippen molar-refractivity contribution in [3.05, 3.63) is 11.7 Å². The van der Waals surface area contributed by atoms with Gasteiger partial charge in [-0.1, -0.05) is 19.0 Å². The molecule has 1 aliphatic heterocycles. The maximum Gasteiger partial charge on any atom is 0.317 e. The van der Waals surface area contributed by atoms with Crippen molar-refractivity contribution in [1.29, 1.82) is 0 Å². The van der Waals surface area contributed by atoms with Crippen LogP contribution in [0.1, 0.15) is 31.5 Å². The lowest BCUT2D eigenvalue weighted by atomic mass is 10.2. The van der Waals surface area contributed by atoms with Crippen LogP contribution in [0, 0.1) is 0 Å². The van der Waals surface area contributed by atoms with Gasteiger partial charge in [-0.05, 0) is 0 Å². The van der Waals surface area contributed by atoms with E-state index in [1.54, 1.807) is 0 Å². The highest BCUT2D eigenvalue weighted by atomic mass is 32.2. The Bertz CT molecular complexity index is 416. The van der Waals surface area contributed by atoms with Gasteiger partial charge in [-0.25, -0.2) is 4.79 Å². The molecule has 106 valence electrons. The van der Waals surface area contributed by atoms with Crippen molar-refractivity contribution in [2.45, 2.75) is 26.2 Å². The monoisotopic (exact) mass is 284 g/mol. The zero-order valence-electron chi connectivity index (χ0n) is 11.4. The molecule has 19 heavy (non-hydrogen) atoms. The van der Waals surface area contributed by atoms with Gasteiger partial charge in [0.2, 0.25) is 5.89 Å². The Kier molecular flexibility index (Phi) is 5.07. The van der Waals surface area contributed by atoms with Gasteiger partial charge in [0.1, 0.15) is 0 Å². The smallest absolute Gasteiger partial charge is 0.317 e. The van der Waals surface area contributed by atoms with E-state index in [2.05, 4.69) is 15.5 Å². The number of nitrogens with zero attached hydrogens (tertiary/aromatic N) is 3. The Morgan fingerprint density at radius 2 is 2.21 bits per heavy atom. The van der Waals surface area contributed by atoms with Crippen LogP contribution >= 0.6 is 11.8 Å². The fourth-order valence-corrected chi connectivity index (χ4v) is 2.66. The second kappa shape index (κ2) is 6.79. The zero-order valence-corrected chi connectivity index (χ0v) is 12.2. The molecule has 1 aromatic rings. The van der Waals surface area contributed by atoms with E-state index in [1.807, 2.05) is 30.5 Å². The van der Waals surface area contributed by atoms with E-state index < -0.39 is 0 Å². The first kappa shape index (κ1) is 14.2. The number of thioether (sulfide) groups is 1. The van der Waals surface area contributed by atoms with Crippen molar-refractivity contribution in [1.82, 2.24) is 20.4 Å². The molecule has 1 saturated heterocycles. The van der Waals surface area contributed by atoms with E-state index in [0.717, 1.165) is 30.4 Å². The van der Waals surface area contributed by atoms with Gasteiger partial charge < -0.3 is 14.7 Å². The van der Waals surface area contributed by atoms with Crippen molar-refractivity contribution in [3.8, 4) is 0 Å². The van der Waals surface area contributed by atoms with Crippen molar-refractivity contribution in [2.24, 2.45) is 0 Å². The fourth-order valence-electron chi connectivity index (χ4n) is 1.76. The molecule has 0 bridgehead atoms. The second-order valence-electron chi connectivity index (χ2n) is 4.78. The largest absolute Gasteiger partial charge is 0.339 e. The number of hydrogen-bond acceptors (Lipinski definition) is 5. The average molecular weight is 284 g/mol. The standard InChI is InChI=1S/C12H20N4O2S/c1-9(2)11-14-10(18-15-11)3-4-13-12(17)16-5-7-19-8-6-16/h9H,3-8H2,1-2H3,(H,13,17). The Morgan fingerprint density at radius 3 is 2.84 bits per heavy atom. The van der Waals surface area contributed by atoms with Crippen LogP contribution in [0.25, 0.3) is 0 Å². The van der Waals surface area contributed by atoms with Crippen molar-refractivity contribution in [3.63, 3.8) is 0 Å². The molecule has 2 amide bonds. The summed E-state index contributed by atoms with van der Waals surface area (Å²) < 4.78 is 5.12. The summed E-state index contributed by atoms with van der Waals surface area (Å²) in [5.74, 6) is 3.61. The lowest BCUT2D eigenvalue weighted by molar-refractivity contribution is 0.203. The molecule has 2 rings (SSSR count). The summed E-state index contributed by atoms with van der Waals surface area (Å²) in [5, 5.41) is 6.78. The zero-order chi connectivity index (χ0) is 13.7. The number of aromatic nitrogens is 2. The first-order chi connectivity index (χ1) is 9.16. The summed E-state index contributed by atoms with van der Waals surface area (Å²) in [7, 11) is 0. The lowest BCUT2D eigenvalue weighted by Gasteiger charge is -2.26. The Labute approximate surface area is 117 Å². The lowest BCUT2D eigenvalue weighted by Crippen LogP contribution is -2.44. The number of hydrogen-bond donors (Lipinski definition) is 1. The number of carbonyl (C=O) groups is 1. The summed E-state index contributed by atoms with van der Waals surface area (Å²) >= 11 is 1.89. The van der Waals surface area contributed by atoms with Gasteiger partial charge in [-0.3, -0.25) is 0 Å². The van der Waals surface area contributed by atoms with E-state index in [0.29, 0.717) is 18.9 Å². The summed E-state index contributed by atoms with van der Waals surface area (Å²) in [6.07, 6.45) is 0.577. The minimum absolute atomic E-state index is 0.00361. The van der Waals surface area contributed by atoms with Gasteiger partial charge in [0.15, 0.2) is 5.82 Å². The van der Waals surface area contributed by atoms with Crippen molar-refractivity contribution < 1.29 is 9.32 Å². The van der Waals surface area contributed by atoms with Crippen LogP contribution < -0.4 is 5.32 Å². The highest BCUT2D eigenvalue weighted by molar-refractivity contribution is 7.99. The van der Waals surface area contributed by atoms with E-state index in [9.17, 15) is 4.79 Å². The SMILES string of the molecule is CC(C)c1noc(CCNC(=O)N2CCSCC2)n1. The van der Waals surface area contributed by atoms with Crippen LogP contribution in [0.3, 0.4) is 0 Å². The molecule has 0 atom stereocenters. The molecule has 1 aliphatic rings. The highest BCUT2D eigenvalue weighted by Gasteiger charge is 2.16. The first-order valence-corrected chi connectivity index (χ1v) is 7.75. The molecule has 0 aromatic carbocycles. The van der Waals surface area contributed by atoms with Gasteiger partial charge in [0.05, 0.1) is 0 Å². The van der Waals surface area contributed by atoms with Gasteiger partial charge in [0, 0.05) is 43.5 Å². The molecule has 1 fully saturated rings. The Hall–Kier alpha value is -1.24. The number of nitrogens with one attached hydrogen (secondary N) is 1. The predicted molar refractivity (Wildman–Crippen MR) is 74.4 cm³/mol. The Morgan fingerprint density at radius 1 is 1.47 bits per heavy atom. The fraction of sp³-hybridized carbons (Fsp3) is 0.750. The molecule has 1 aromatic heterocycles. The van der Waals surface area contributed by atoms with Crippen LogP contribution in [0.15, 0.2) is 4.52 Å². The topological polar surface area (TPSA) is 71.3 Å². The molecule has 0 saturated carbocycles. The molecule has 7 heteroatoms. The van der Waals surface area contributed by atoms with E-state index in [4.69, 9.17) is 4.52 Å². The van der Waals surface area contributed by atoms with Gasteiger partial charge in [-0.15, -0.1) is 0 Å². The number of amides is 2. The van der Waals surface area contributed by atoms with Crippen LogP contribution in [0.5, 0.6) is 0 Å². The minimum Gasteiger partial charge on any atom is -0.339 e. The summed E-state index contributed by atoms with van der Waals surface area (Å²) in [6.45, 7) is 6.22. The van der Waals surface area contributed by atoms with Crippen LogP contribution in [0.4, 0.5) is 4.79 Å². The molecule has 0 radical (unpaired) electrons. The normalized spacial score (nSPS) is 15.8. The number of carbonyl (C=O) groups excluding carboxylic acids is 1. The number of rotatable bonds is 4. The molecule has 6 nitrogen and oxygen atoms in total. The predicted octanol–water partition coefficient (Wildman–Crippen LogP) is 1.49. The van der Waals surface area contributed by atoms with E-state index >= 15 is 0 Å². The van der Waals surface area contributed by atoms with Gasteiger partial charge >= 0.3 is 6.03 Å². The molecule has 0 spiro atoms. The van der Waals surface area contributed by atoms with Gasteiger partial charge in [0.25, 0.3) is 0 Å². The molecule has 0 aliphatic carbocycles. The van der Waals surface area contributed by atoms with Crippen molar-refractivity contribution >= 4 is 17.8 Å². The van der Waals surface area contributed by atoms with Crippen LogP contribution in [-0.2, 0) is 6.42 Å². The summed E-state index contributed by atoms with van der Waals surface area (Å²) in [4.78, 5) is 18.0. The first-order valence-electron chi connectivity index (χ1n) is 6.60. The summed E-state index contributed by atoms with van der Waals surface area (Å²) in [5.41, 5.74) is 0. The third-order valence-corrected chi connectivity index (χ3v) is 3.86. The molecule has 2 heterocycles. The quantitative estimate of drug-likeness (QED) is 0.907. The van der Waals surface area contributed by atoms with Crippen molar-refractivity contribution in [2.75, 3.05) is 31.1 Å². The minimum atomic E-state index is 0.00361. The van der Waals surface area contributed by atoms with Gasteiger partial charge in [-0.2, -0.15) is 16.7 Å².